The molecule has 0 rings (SSSR count). The number of unbranched alkanes of at least 4 members (excludes halogenated alkanes) is 1. The molecule has 0 spiro atoms. The van der Waals surface area contributed by atoms with Crippen molar-refractivity contribution in [3.63, 3.8) is 0 Å². The first-order valence-corrected chi connectivity index (χ1v) is 3.86. The summed E-state index contributed by atoms with van der Waals surface area (Å²) in [5.41, 5.74) is 5.20. The number of hydroxylamine groups is 1. The lowest BCUT2D eigenvalue weighted by Crippen LogP contribution is -2.29. The third kappa shape index (κ3) is 5.85. The Balaban J connectivity index is 3.41. The van der Waals surface area contributed by atoms with Gasteiger partial charge in [0, 0.05) is 6.42 Å². The van der Waals surface area contributed by atoms with Crippen molar-refractivity contribution in [1.29, 1.82) is 0 Å². The van der Waals surface area contributed by atoms with Crippen molar-refractivity contribution >= 4 is 5.97 Å². The van der Waals surface area contributed by atoms with Crippen LogP contribution in [0.4, 0.5) is 0 Å². The monoisotopic (exact) mass is 191 g/mol. The maximum atomic E-state index is 10.3. The first-order valence-electron chi connectivity index (χ1n) is 3.86. The molecule has 0 radical (unpaired) electrons. The number of nitrogens with zero attached hydrogens (tertiary/aromatic N) is 2. The normalized spacial score (nSPS) is 14.1. The largest absolute Gasteiger partial charge is 0.597 e. The van der Waals surface area contributed by atoms with E-state index in [2.05, 4.69) is 5.28 Å². The summed E-state index contributed by atoms with van der Waals surface area (Å²) < 4.78 is 0. The van der Waals surface area contributed by atoms with Crippen molar-refractivity contribution in [2.75, 3.05) is 6.54 Å². The highest BCUT2D eigenvalue weighted by molar-refractivity contribution is 5.72. The standard InChI is InChI=1S/C6H13N3O4/c7-5(6(10)11)3-1-2-4-9(13)8-12/h5,12H,1-4,7H2,(H,10,11)/b9-8-/t5-/m0/s1. The summed E-state index contributed by atoms with van der Waals surface area (Å²) in [5, 5.41) is 29.0. The zero-order valence-electron chi connectivity index (χ0n) is 7.09. The molecular weight excluding hydrogens is 178 g/mol. The summed E-state index contributed by atoms with van der Waals surface area (Å²) in [4.78, 5) is 10.4. The fourth-order valence-corrected chi connectivity index (χ4v) is 0.780. The molecule has 0 aromatic carbocycles. The van der Waals surface area contributed by atoms with Gasteiger partial charge in [0.15, 0.2) is 11.8 Å². The van der Waals surface area contributed by atoms with E-state index in [1.165, 1.54) is 0 Å². The molecule has 0 saturated heterocycles. The molecule has 4 N–H and O–H groups in total. The maximum Gasteiger partial charge on any atom is 0.320 e. The Morgan fingerprint density at radius 3 is 2.69 bits per heavy atom. The van der Waals surface area contributed by atoms with E-state index in [0.717, 1.165) is 0 Å². The Bertz CT molecular complexity index is 194. The molecule has 0 unspecified atom stereocenters. The van der Waals surface area contributed by atoms with Gasteiger partial charge in [-0.25, -0.2) is 0 Å². The Morgan fingerprint density at radius 2 is 2.23 bits per heavy atom. The van der Waals surface area contributed by atoms with Gasteiger partial charge in [-0.15, -0.1) is 0 Å². The number of aliphatic carboxylic acids is 1. The molecule has 0 aromatic heterocycles. The second-order valence-corrected chi connectivity index (χ2v) is 2.61. The number of carboxylic acid groups (broad SMARTS) is 1. The van der Waals surface area contributed by atoms with E-state index in [0.29, 0.717) is 19.3 Å². The van der Waals surface area contributed by atoms with Crippen LogP contribution in [0.15, 0.2) is 5.28 Å². The van der Waals surface area contributed by atoms with Crippen LogP contribution in [-0.4, -0.2) is 33.7 Å². The van der Waals surface area contributed by atoms with Crippen molar-refractivity contribution in [2.24, 2.45) is 11.0 Å². The molecule has 7 heteroatoms. The first kappa shape index (κ1) is 11.6. The maximum absolute atomic E-state index is 10.3. The Morgan fingerprint density at radius 1 is 1.62 bits per heavy atom. The number of nitrogens with two attached hydrogens (primary N) is 1. The van der Waals surface area contributed by atoms with E-state index in [1.54, 1.807) is 0 Å². The number of rotatable bonds is 6. The van der Waals surface area contributed by atoms with Crippen molar-refractivity contribution in [2.45, 2.75) is 25.3 Å². The summed E-state index contributed by atoms with van der Waals surface area (Å²) >= 11 is 0. The van der Waals surface area contributed by atoms with Gasteiger partial charge in [0.25, 0.3) is 0 Å². The minimum atomic E-state index is -1.05. The van der Waals surface area contributed by atoms with Crippen LogP contribution in [0.5, 0.6) is 0 Å². The highest BCUT2D eigenvalue weighted by Crippen LogP contribution is 1.99. The van der Waals surface area contributed by atoms with Gasteiger partial charge in [0.1, 0.15) is 6.04 Å². The van der Waals surface area contributed by atoms with Crippen LogP contribution in [0.2, 0.25) is 0 Å². The van der Waals surface area contributed by atoms with Gasteiger partial charge in [-0.3, -0.25) is 4.79 Å². The highest BCUT2D eigenvalue weighted by Gasteiger charge is 2.10. The molecule has 0 amide bonds. The Labute approximate surface area is 75.0 Å². The number of hydrogen-bond donors (Lipinski definition) is 3. The van der Waals surface area contributed by atoms with E-state index < -0.39 is 12.0 Å². The lowest BCUT2D eigenvalue weighted by atomic mass is 10.1. The second kappa shape index (κ2) is 6.18. The summed E-state index contributed by atoms with van der Waals surface area (Å²) in [6.07, 6.45) is 1.28. The molecule has 0 heterocycles. The summed E-state index contributed by atoms with van der Waals surface area (Å²) in [5.74, 6) is -1.05. The first-order chi connectivity index (χ1) is 6.07. The van der Waals surface area contributed by atoms with Gasteiger partial charge in [-0.05, 0) is 12.8 Å². The fourth-order valence-electron chi connectivity index (χ4n) is 0.780. The minimum Gasteiger partial charge on any atom is -0.597 e. The number of carboxylic acids is 1. The zero-order chi connectivity index (χ0) is 10.3. The fraction of sp³-hybridized carbons (Fsp3) is 0.833. The molecule has 7 nitrogen and oxygen atoms in total. The quantitative estimate of drug-likeness (QED) is 0.234. The van der Waals surface area contributed by atoms with E-state index in [-0.39, 0.29) is 11.4 Å². The Kier molecular flexibility index (Phi) is 5.53. The predicted octanol–water partition coefficient (Wildman–Crippen LogP) is -0.0797. The second-order valence-electron chi connectivity index (χ2n) is 2.61. The third-order valence-electron chi connectivity index (χ3n) is 1.53. The molecule has 0 aliphatic heterocycles. The molecule has 13 heavy (non-hydrogen) atoms. The van der Waals surface area contributed by atoms with Gasteiger partial charge in [0.2, 0.25) is 0 Å². The van der Waals surface area contributed by atoms with Crippen molar-refractivity contribution in [3.8, 4) is 0 Å². The van der Waals surface area contributed by atoms with Crippen LogP contribution in [0.1, 0.15) is 19.3 Å². The molecular formula is C6H13N3O4. The van der Waals surface area contributed by atoms with Crippen molar-refractivity contribution in [3.05, 3.63) is 5.21 Å². The topological polar surface area (TPSA) is 122 Å². The van der Waals surface area contributed by atoms with Crippen LogP contribution in [0, 0.1) is 5.21 Å². The molecule has 0 saturated carbocycles. The van der Waals surface area contributed by atoms with Crippen LogP contribution in [0.25, 0.3) is 0 Å². The summed E-state index contributed by atoms with van der Waals surface area (Å²) in [6.45, 7) is 0.0445. The van der Waals surface area contributed by atoms with E-state index in [9.17, 15) is 10.0 Å². The lowest BCUT2D eigenvalue weighted by Gasteiger charge is -2.04. The molecule has 1 atom stereocenters. The number of carbonyl (C=O) groups is 1. The molecule has 0 bridgehead atoms. The zero-order valence-corrected chi connectivity index (χ0v) is 7.09. The number of hydrogen-bond acceptors (Lipinski definition) is 4. The SMILES string of the molecule is N[C@@H](CCCC/[N+]([O-])=N/O)C(=O)O. The van der Waals surface area contributed by atoms with E-state index >= 15 is 0 Å². The van der Waals surface area contributed by atoms with Gasteiger partial charge >= 0.3 is 5.97 Å². The van der Waals surface area contributed by atoms with Gasteiger partial charge < -0.3 is 21.3 Å². The Hall–Kier alpha value is -1.37. The molecule has 0 aliphatic rings. The molecule has 0 aliphatic carbocycles. The van der Waals surface area contributed by atoms with Crippen LogP contribution in [-0.2, 0) is 4.79 Å². The summed E-state index contributed by atoms with van der Waals surface area (Å²) in [6, 6.07) is -0.883. The van der Waals surface area contributed by atoms with Crippen LogP contribution < -0.4 is 5.73 Å². The molecule has 0 fully saturated rings. The van der Waals surface area contributed by atoms with Crippen molar-refractivity contribution < 1.29 is 20.0 Å². The minimum absolute atomic E-state index is 0.0445. The van der Waals surface area contributed by atoms with E-state index in [1.807, 2.05) is 0 Å². The van der Waals surface area contributed by atoms with Gasteiger partial charge in [0.05, 0.1) is 0 Å². The third-order valence-corrected chi connectivity index (χ3v) is 1.53. The smallest absolute Gasteiger partial charge is 0.320 e. The van der Waals surface area contributed by atoms with Gasteiger partial charge in [-0.2, -0.15) is 0 Å². The van der Waals surface area contributed by atoms with Crippen molar-refractivity contribution in [1.82, 2.24) is 0 Å². The molecule has 76 valence electrons. The molecule has 0 aromatic rings. The van der Waals surface area contributed by atoms with Crippen LogP contribution in [0.3, 0.4) is 0 Å². The average Bonchev–Trinajstić information content (AvgIpc) is 2.11. The predicted molar refractivity (Wildman–Crippen MR) is 42.2 cm³/mol. The van der Waals surface area contributed by atoms with Crippen LogP contribution >= 0.6 is 0 Å². The highest BCUT2D eigenvalue weighted by atomic mass is 16.6. The summed E-state index contributed by atoms with van der Waals surface area (Å²) in [7, 11) is 0. The van der Waals surface area contributed by atoms with Gasteiger partial charge in [-0.1, -0.05) is 4.86 Å². The average molecular weight is 191 g/mol. The lowest BCUT2D eigenvalue weighted by molar-refractivity contribution is -0.556. The van der Waals surface area contributed by atoms with E-state index in [4.69, 9.17) is 16.0 Å².